The van der Waals surface area contributed by atoms with E-state index >= 15 is 0 Å². The maximum atomic E-state index is 5.91. The average Bonchev–Trinajstić information content (AvgIpc) is 2.36. The van der Waals surface area contributed by atoms with E-state index in [1.54, 1.807) is 0 Å². The minimum absolute atomic E-state index is 0.630. The lowest BCUT2D eigenvalue weighted by Gasteiger charge is -2.19. The summed E-state index contributed by atoms with van der Waals surface area (Å²) >= 11 is 0. The van der Waals surface area contributed by atoms with Crippen LogP contribution in [0.5, 0.6) is 0 Å². The van der Waals surface area contributed by atoms with Crippen LogP contribution in [0.4, 0.5) is 0 Å². The second kappa shape index (κ2) is 3.87. The fourth-order valence-corrected chi connectivity index (χ4v) is 2.71. The SMILES string of the molecule is NCc1c2c(nc3ccccc13)CCCC2. The third kappa shape index (κ3) is 1.41. The first-order chi connectivity index (χ1) is 7.90. The molecule has 16 heavy (non-hydrogen) atoms. The molecule has 3 rings (SSSR count). The van der Waals surface area contributed by atoms with Gasteiger partial charge in [0.2, 0.25) is 0 Å². The minimum Gasteiger partial charge on any atom is -0.326 e. The summed E-state index contributed by atoms with van der Waals surface area (Å²) in [6, 6.07) is 8.34. The zero-order chi connectivity index (χ0) is 11.0. The number of rotatable bonds is 1. The quantitative estimate of drug-likeness (QED) is 0.789. The van der Waals surface area contributed by atoms with E-state index < -0.39 is 0 Å². The standard InChI is InChI=1S/C14H16N2/c15-9-12-10-5-1-3-7-13(10)16-14-8-4-2-6-11(12)14/h1,3,5,7H,2,4,6,8-9,15H2. The molecule has 82 valence electrons. The minimum atomic E-state index is 0.630. The smallest absolute Gasteiger partial charge is 0.0708 e. The lowest BCUT2D eigenvalue weighted by molar-refractivity contribution is 0.664. The predicted molar refractivity (Wildman–Crippen MR) is 66.3 cm³/mol. The topological polar surface area (TPSA) is 38.9 Å². The number of para-hydroxylation sites is 1. The van der Waals surface area contributed by atoms with Gasteiger partial charge in [-0.3, -0.25) is 4.98 Å². The number of pyridine rings is 1. The van der Waals surface area contributed by atoms with Crippen molar-refractivity contribution in [3.05, 3.63) is 41.1 Å². The number of fused-ring (bicyclic) bond motifs is 2. The van der Waals surface area contributed by atoms with Gasteiger partial charge in [0.1, 0.15) is 0 Å². The Labute approximate surface area is 95.5 Å². The number of aryl methyl sites for hydroxylation is 1. The number of benzene rings is 1. The van der Waals surface area contributed by atoms with Crippen LogP contribution in [0.25, 0.3) is 10.9 Å². The summed E-state index contributed by atoms with van der Waals surface area (Å²) < 4.78 is 0. The van der Waals surface area contributed by atoms with Crippen molar-refractivity contribution in [3.63, 3.8) is 0 Å². The van der Waals surface area contributed by atoms with Crippen LogP contribution in [0.2, 0.25) is 0 Å². The Morgan fingerprint density at radius 3 is 2.81 bits per heavy atom. The number of hydrogen-bond acceptors (Lipinski definition) is 2. The van der Waals surface area contributed by atoms with Crippen LogP contribution in [0, 0.1) is 0 Å². The van der Waals surface area contributed by atoms with E-state index in [4.69, 9.17) is 10.7 Å². The molecule has 1 aromatic heterocycles. The zero-order valence-corrected chi connectivity index (χ0v) is 9.37. The van der Waals surface area contributed by atoms with Gasteiger partial charge in [-0.05, 0) is 42.9 Å². The van der Waals surface area contributed by atoms with E-state index in [1.165, 1.54) is 35.0 Å². The molecule has 2 aromatic rings. The summed E-state index contributed by atoms with van der Waals surface area (Å²) in [5, 5.41) is 1.24. The van der Waals surface area contributed by atoms with Gasteiger partial charge in [-0.15, -0.1) is 0 Å². The average molecular weight is 212 g/mol. The number of hydrogen-bond donors (Lipinski definition) is 1. The highest BCUT2D eigenvalue weighted by Crippen LogP contribution is 2.28. The molecule has 0 unspecified atom stereocenters. The lowest BCUT2D eigenvalue weighted by Crippen LogP contribution is -2.12. The normalized spacial score (nSPS) is 15.1. The highest BCUT2D eigenvalue weighted by atomic mass is 14.7. The van der Waals surface area contributed by atoms with Gasteiger partial charge in [-0.1, -0.05) is 18.2 Å². The van der Waals surface area contributed by atoms with E-state index in [9.17, 15) is 0 Å². The highest BCUT2D eigenvalue weighted by Gasteiger charge is 2.16. The number of nitrogens with two attached hydrogens (primary N) is 1. The van der Waals surface area contributed by atoms with Gasteiger partial charge < -0.3 is 5.73 Å². The Kier molecular flexibility index (Phi) is 2.37. The number of nitrogens with zero attached hydrogens (tertiary/aromatic N) is 1. The molecule has 2 heteroatoms. The summed E-state index contributed by atoms with van der Waals surface area (Å²) in [4.78, 5) is 4.77. The van der Waals surface area contributed by atoms with Crippen LogP contribution in [0.1, 0.15) is 29.7 Å². The first-order valence-corrected chi connectivity index (χ1v) is 5.99. The van der Waals surface area contributed by atoms with E-state index in [0.29, 0.717) is 6.54 Å². The molecule has 0 bridgehead atoms. The van der Waals surface area contributed by atoms with Crippen molar-refractivity contribution in [2.75, 3.05) is 0 Å². The first kappa shape index (κ1) is 9.79. The van der Waals surface area contributed by atoms with Gasteiger partial charge in [0.25, 0.3) is 0 Å². The van der Waals surface area contributed by atoms with Gasteiger partial charge in [-0.25, -0.2) is 0 Å². The molecule has 1 aliphatic carbocycles. The predicted octanol–water partition coefficient (Wildman–Crippen LogP) is 2.57. The highest BCUT2D eigenvalue weighted by molar-refractivity contribution is 5.83. The van der Waals surface area contributed by atoms with E-state index in [1.807, 2.05) is 6.07 Å². The molecule has 2 nitrogen and oxygen atoms in total. The van der Waals surface area contributed by atoms with Crippen molar-refractivity contribution in [2.45, 2.75) is 32.2 Å². The van der Waals surface area contributed by atoms with Crippen molar-refractivity contribution in [1.29, 1.82) is 0 Å². The molecule has 1 heterocycles. The van der Waals surface area contributed by atoms with Crippen LogP contribution in [0.3, 0.4) is 0 Å². The van der Waals surface area contributed by atoms with Crippen LogP contribution >= 0.6 is 0 Å². The van der Waals surface area contributed by atoms with Crippen molar-refractivity contribution in [1.82, 2.24) is 4.98 Å². The van der Waals surface area contributed by atoms with E-state index in [2.05, 4.69) is 18.2 Å². The molecule has 2 N–H and O–H groups in total. The second-order valence-corrected chi connectivity index (χ2v) is 4.44. The van der Waals surface area contributed by atoms with Crippen molar-refractivity contribution >= 4 is 10.9 Å². The lowest BCUT2D eigenvalue weighted by atomic mass is 9.90. The Hall–Kier alpha value is -1.41. The molecule has 0 radical (unpaired) electrons. The van der Waals surface area contributed by atoms with Gasteiger partial charge >= 0.3 is 0 Å². The largest absolute Gasteiger partial charge is 0.326 e. The van der Waals surface area contributed by atoms with Crippen molar-refractivity contribution in [2.24, 2.45) is 5.73 Å². The zero-order valence-electron chi connectivity index (χ0n) is 9.37. The summed E-state index contributed by atoms with van der Waals surface area (Å²) in [6.45, 7) is 0.630. The van der Waals surface area contributed by atoms with Crippen molar-refractivity contribution < 1.29 is 0 Å². The van der Waals surface area contributed by atoms with Gasteiger partial charge in [0.05, 0.1) is 5.52 Å². The van der Waals surface area contributed by atoms with Gasteiger partial charge in [-0.2, -0.15) is 0 Å². The van der Waals surface area contributed by atoms with Crippen LogP contribution in [-0.4, -0.2) is 4.98 Å². The Morgan fingerprint density at radius 1 is 1.12 bits per heavy atom. The second-order valence-electron chi connectivity index (χ2n) is 4.44. The fraction of sp³-hybridized carbons (Fsp3) is 0.357. The van der Waals surface area contributed by atoms with E-state index in [-0.39, 0.29) is 0 Å². The first-order valence-electron chi connectivity index (χ1n) is 5.99. The van der Waals surface area contributed by atoms with Crippen LogP contribution in [0.15, 0.2) is 24.3 Å². The molecule has 0 saturated heterocycles. The summed E-state index contributed by atoms with van der Waals surface area (Å²) in [6.07, 6.45) is 4.81. The molecule has 1 aromatic carbocycles. The number of aromatic nitrogens is 1. The van der Waals surface area contributed by atoms with Crippen molar-refractivity contribution in [3.8, 4) is 0 Å². The molecular weight excluding hydrogens is 196 g/mol. The molecule has 0 fully saturated rings. The van der Waals surface area contributed by atoms with Crippen LogP contribution in [-0.2, 0) is 19.4 Å². The Balaban J connectivity index is 2.35. The molecule has 0 amide bonds. The van der Waals surface area contributed by atoms with Crippen LogP contribution < -0.4 is 5.73 Å². The maximum Gasteiger partial charge on any atom is 0.0708 e. The van der Waals surface area contributed by atoms with E-state index in [0.717, 1.165) is 18.4 Å². The molecule has 0 atom stereocenters. The summed E-state index contributed by atoms with van der Waals surface area (Å²) in [7, 11) is 0. The molecule has 0 saturated carbocycles. The summed E-state index contributed by atoms with van der Waals surface area (Å²) in [5.41, 5.74) is 11.0. The summed E-state index contributed by atoms with van der Waals surface area (Å²) in [5.74, 6) is 0. The molecular formula is C14H16N2. The maximum absolute atomic E-state index is 5.91. The van der Waals surface area contributed by atoms with Gasteiger partial charge in [0.15, 0.2) is 0 Å². The monoisotopic (exact) mass is 212 g/mol. The molecule has 1 aliphatic rings. The Bertz CT molecular complexity index is 531. The molecule has 0 spiro atoms. The molecule has 0 aliphatic heterocycles. The Morgan fingerprint density at radius 2 is 1.94 bits per heavy atom. The third-order valence-corrected chi connectivity index (χ3v) is 3.49. The van der Waals surface area contributed by atoms with Gasteiger partial charge in [0, 0.05) is 17.6 Å². The fourth-order valence-electron chi connectivity index (χ4n) is 2.71. The third-order valence-electron chi connectivity index (χ3n) is 3.49.